The van der Waals surface area contributed by atoms with Gasteiger partial charge in [0.05, 0.1) is 16.1 Å². The zero-order chi connectivity index (χ0) is 27.4. The quantitative estimate of drug-likeness (QED) is 0.272. The van der Waals surface area contributed by atoms with Crippen LogP contribution < -0.4 is 10.6 Å². The summed E-state index contributed by atoms with van der Waals surface area (Å²) in [5.41, 5.74) is 2.92. The van der Waals surface area contributed by atoms with Crippen molar-refractivity contribution in [2.75, 3.05) is 30.3 Å². The van der Waals surface area contributed by atoms with Gasteiger partial charge in [0, 0.05) is 48.5 Å². The molecule has 1 saturated heterocycles. The summed E-state index contributed by atoms with van der Waals surface area (Å²) in [6.45, 7) is 8.51. The van der Waals surface area contributed by atoms with Crippen molar-refractivity contribution in [2.45, 2.75) is 46.1 Å². The van der Waals surface area contributed by atoms with Crippen LogP contribution in [0.3, 0.4) is 0 Å². The molecule has 5 rings (SSSR count). The fourth-order valence-corrected chi connectivity index (χ4v) is 5.70. The molecule has 1 aromatic carbocycles. The first kappa shape index (κ1) is 26.8. The zero-order valence-electron chi connectivity index (χ0n) is 22.6. The Labute approximate surface area is 233 Å². The maximum atomic E-state index is 13.6. The number of piperidine rings is 1. The van der Waals surface area contributed by atoms with Crippen LogP contribution in [0.15, 0.2) is 60.8 Å². The van der Waals surface area contributed by atoms with Gasteiger partial charge in [-0.3, -0.25) is 14.6 Å². The number of fused-ring (bicyclic) bond motifs is 1. The van der Waals surface area contributed by atoms with E-state index in [0.717, 1.165) is 47.4 Å². The SMILES string of the molecule is CCN(C(=O)c1ccc(-c2ccc(NC(=O)c3cc4cccnc4s3)cc2)nc1NC(C)C)N1CCCCC1. The molecule has 3 aromatic heterocycles. The van der Waals surface area contributed by atoms with Gasteiger partial charge in [0.25, 0.3) is 11.8 Å². The summed E-state index contributed by atoms with van der Waals surface area (Å²) >= 11 is 1.37. The third-order valence-electron chi connectivity index (χ3n) is 6.72. The van der Waals surface area contributed by atoms with Crippen LogP contribution in [0.4, 0.5) is 11.5 Å². The van der Waals surface area contributed by atoms with Gasteiger partial charge in [0.1, 0.15) is 10.6 Å². The van der Waals surface area contributed by atoms with Crippen LogP contribution in [0.1, 0.15) is 60.1 Å². The number of hydrazine groups is 1. The Morgan fingerprint density at radius 1 is 1.05 bits per heavy atom. The number of carbonyl (C=O) groups excluding carboxylic acids is 2. The van der Waals surface area contributed by atoms with Crippen LogP contribution >= 0.6 is 11.3 Å². The molecule has 0 spiro atoms. The van der Waals surface area contributed by atoms with E-state index in [2.05, 4.69) is 20.6 Å². The van der Waals surface area contributed by atoms with Gasteiger partial charge < -0.3 is 10.6 Å². The van der Waals surface area contributed by atoms with Crippen LogP contribution in [-0.2, 0) is 0 Å². The Morgan fingerprint density at radius 2 is 1.82 bits per heavy atom. The lowest BCUT2D eigenvalue weighted by atomic mass is 10.1. The average Bonchev–Trinajstić information content (AvgIpc) is 3.39. The summed E-state index contributed by atoms with van der Waals surface area (Å²) in [5, 5.41) is 11.3. The third kappa shape index (κ3) is 6.10. The molecule has 39 heavy (non-hydrogen) atoms. The number of aromatic nitrogens is 2. The van der Waals surface area contributed by atoms with Crippen LogP contribution in [0, 0.1) is 0 Å². The standard InChI is InChI=1S/C30H34N6O2S/c1-4-36(35-17-6-5-7-18-35)30(38)24-14-15-25(34-27(24)32-20(2)3)21-10-12-23(13-11-21)33-28(37)26-19-22-9-8-16-31-29(22)39-26/h8-16,19-20H,4-7,17-18H2,1-3H3,(H,32,34)(H,33,37). The average molecular weight is 543 g/mol. The number of carbonyl (C=O) groups is 2. The molecular weight excluding hydrogens is 508 g/mol. The maximum Gasteiger partial charge on any atom is 0.271 e. The van der Waals surface area contributed by atoms with Crippen molar-refractivity contribution in [3.8, 4) is 11.3 Å². The second-order valence-corrected chi connectivity index (χ2v) is 11.0. The smallest absolute Gasteiger partial charge is 0.271 e. The fourth-order valence-electron chi connectivity index (χ4n) is 4.81. The van der Waals surface area contributed by atoms with E-state index in [9.17, 15) is 9.59 Å². The van der Waals surface area contributed by atoms with E-state index in [0.29, 0.717) is 28.5 Å². The highest BCUT2D eigenvalue weighted by molar-refractivity contribution is 7.20. The van der Waals surface area contributed by atoms with Crippen molar-refractivity contribution in [3.63, 3.8) is 0 Å². The Hall–Kier alpha value is -3.82. The topological polar surface area (TPSA) is 90.5 Å². The van der Waals surface area contributed by atoms with E-state index in [-0.39, 0.29) is 17.9 Å². The lowest BCUT2D eigenvalue weighted by molar-refractivity contribution is -0.0181. The first-order chi connectivity index (χ1) is 18.9. The first-order valence-corrected chi connectivity index (χ1v) is 14.3. The van der Waals surface area contributed by atoms with Crippen molar-refractivity contribution >= 4 is 44.9 Å². The summed E-state index contributed by atoms with van der Waals surface area (Å²) in [4.78, 5) is 37.0. The second kappa shape index (κ2) is 11.9. The van der Waals surface area contributed by atoms with E-state index in [4.69, 9.17) is 4.98 Å². The van der Waals surface area contributed by atoms with Gasteiger partial charge in [0.15, 0.2) is 0 Å². The van der Waals surface area contributed by atoms with E-state index < -0.39 is 0 Å². The number of nitrogens with zero attached hydrogens (tertiary/aromatic N) is 4. The molecule has 0 bridgehead atoms. The fraction of sp³-hybridized carbons (Fsp3) is 0.333. The second-order valence-electron chi connectivity index (χ2n) is 9.97. The zero-order valence-corrected chi connectivity index (χ0v) is 23.4. The van der Waals surface area contributed by atoms with Gasteiger partial charge in [-0.15, -0.1) is 11.3 Å². The molecule has 0 radical (unpaired) electrons. The number of rotatable bonds is 8. The summed E-state index contributed by atoms with van der Waals surface area (Å²) in [5.74, 6) is 0.388. The van der Waals surface area contributed by atoms with Crippen molar-refractivity contribution < 1.29 is 9.59 Å². The van der Waals surface area contributed by atoms with Crippen molar-refractivity contribution in [1.29, 1.82) is 0 Å². The summed E-state index contributed by atoms with van der Waals surface area (Å²) < 4.78 is 0. The molecule has 0 aliphatic carbocycles. The van der Waals surface area contributed by atoms with Gasteiger partial charge in [-0.2, -0.15) is 0 Å². The third-order valence-corrected chi connectivity index (χ3v) is 7.77. The predicted molar refractivity (Wildman–Crippen MR) is 158 cm³/mol. The Morgan fingerprint density at radius 3 is 2.51 bits per heavy atom. The summed E-state index contributed by atoms with van der Waals surface area (Å²) in [6.07, 6.45) is 5.15. The number of thiophene rings is 1. The highest BCUT2D eigenvalue weighted by atomic mass is 32.1. The minimum Gasteiger partial charge on any atom is -0.367 e. The molecule has 1 aliphatic rings. The summed E-state index contributed by atoms with van der Waals surface area (Å²) in [6, 6.07) is 17.1. The Kier molecular flexibility index (Phi) is 8.18. The van der Waals surface area contributed by atoms with Gasteiger partial charge in [-0.25, -0.2) is 15.0 Å². The van der Waals surface area contributed by atoms with Crippen molar-refractivity contribution in [2.24, 2.45) is 0 Å². The van der Waals surface area contributed by atoms with E-state index in [1.54, 1.807) is 6.20 Å². The summed E-state index contributed by atoms with van der Waals surface area (Å²) in [7, 11) is 0. The molecule has 2 N–H and O–H groups in total. The molecule has 0 unspecified atom stereocenters. The Bertz CT molecular complexity index is 1430. The molecule has 2 amide bonds. The van der Waals surface area contributed by atoms with Crippen molar-refractivity contribution in [1.82, 2.24) is 20.0 Å². The molecule has 1 fully saturated rings. The van der Waals surface area contributed by atoms with Crippen LogP contribution in [-0.4, -0.2) is 57.5 Å². The highest BCUT2D eigenvalue weighted by Gasteiger charge is 2.26. The molecule has 0 saturated carbocycles. The van der Waals surface area contributed by atoms with Gasteiger partial charge in [0.2, 0.25) is 0 Å². The number of benzene rings is 1. The molecular formula is C30H34N6O2S. The van der Waals surface area contributed by atoms with Crippen LogP contribution in [0.25, 0.3) is 21.5 Å². The molecule has 0 atom stereocenters. The minimum absolute atomic E-state index is 0.0314. The normalized spacial score (nSPS) is 13.9. The molecule has 4 heterocycles. The number of anilines is 2. The molecule has 9 heteroatoms. The first-order valence-electron chi connectivity index (χ1n) is 13.5. The van der Waals surface area contributed by atoms with E-state index in [1.807, 2.05) is 80.4 Å². The molecule has 4 aromatic rings. The molecule has 8 nitrogen and oxygen atoms in total. The van der Waals surface area contributed by atoms with Crippen LogP contribution in [0.5, 0.6) is 0 Å². The number of amides is 2. The lowest BCUT2D eigenvalue weighted by Gasteiger charge is -2.37. The molecule has 1 aliphatic heterocycles. The molecule has 202 valence electrons. The number of hydrogen-bond acceptors (Lipinski definition) is 7. The van der Waals surface area contributed by atoms with E-state index >= 15 is 0 Å². The largest absolute Gasteiger partial charge is 0.367 e. The van der Waals surface area contributed by atoms with Crippen molar-refractivity contribution in [3.05, 3.63) is 71.2 Å². The maximum absolute atomic E-state index is 13.6. The monoisotopic (exact) mass is 542 g/mol. The van der Waals surface area contributed by atoms with Crippen LogP contribution in [0.2, 0.25) is 0 Å². The number of nitrogens with one attached hydrogen (secondary N) is 2. The van der Waals surface area contributed by atoms with Gasteiger partial charge in [-0.1, -0.05) is 24.6 Å². The number of pyridine rings is 2. The van der Waals surface area contributed by atoms with E-state index in [1.165, 1.54) is 17.8 Å². The highest BCUT2D eigenvalue weighted by Crippen LogP contribution is 2.27. The minimum atomic E-state index is -0.163. The van der Waals surface area contributed by atoms with Gasteiger partial charge >= 0.3 is 0 Å². The predicted octanol–water partition coefficient (Wildman–Crippen LogP) is 6.29. The number of hydrogen-bond donors (Lipinski definition) is 2. The Balaban J connectivity index is 1.34. The van der Waals surface area contributed by atoms with Gasteiger partial charge in [-0.05, 0) is 70.0 Å². The lowest BCUT2D eigenvalue weighted by Crippen LogP contribution is -2.48.